The van der Waals surface area contributed by atoms with E-state index < -0.39 is 5.60 Å². The SMILES string of the molecule is C[C@@H]1CN(CCOc2ccc(N)cc2)CCN1C(=O)OC(C)(C)C. The number of hydrogen-bond donors (Lipinski definition) is 1. The van der Waals surface area contributed by atoms with E-state index in [-0.39, 0.29) is 12.1 Å². The van der Waals surface area contributed by atoms with Crippen molar-refractivity contribution in [1.29, 1.82) is 0 Å². The number of anilines is 1. The number of hydrogen-bond acceptors (Lipinski definition) is 5. The molecule has 1 saturated heterocycles. The molecule has 6 heteroatoms. The Balaban J connectivity index is 1.74. The second kappa shape index (κ2) is 7.75. The predicted octanol–water partition coefficient (Wildman–Crippen LogP) is 2.59. The van der Waals surface area contributed by atoms with Crippen LogP contribution in [0.25, 0.3) is 0 Å². The Kier molecular flexibility index (Phi) is 5.94. The predicted molar refractivity (Wildman–Crippen MR) is 95.2 cm³/mol. The van der Waals surface area contributed by atoms with E-state index in [1.54, 1.807) is 0 Å². The van der Waals surface area contributed by atoms with Crippen LogP contribution in [0.5, 0.6) is 5.75 Å². The number of nitrogens with zero attached hydrogens (tertiary/aromatic N) is 2. The van der Waals surface area contributed by atoms with Crippen LogP contribution in [0.15, 0.2) is 24.3 Å². The first-order valence-electron chi connectivity index (χ1n) is 8.45. The van der Waals surface area contributed by atoms with Crippen LogP contribution in [0, 0.1) is 0 Å². The molecular formula is C18H29N3O3. The van der Waals surface area contributed by atoms with Crippen molar-refractivity contribution >= 4 is 11.8 Å². The molecule has 2 N–H and O–H groups in total. The van der Waals surface area contributed by atoms with Gasteiger partial charge in [0.15, 0.2) is 0 Å². The van der Waals surface area contributed by atoms with Gasteiger partial charge in [-0.15, -0.1) is 0 Å². The molecule has 24 heavy (non-hydrogen) atoms. The topological polar surface area (TPSA) is 68.0 Å². The van der Waals surface area contributed by atoms with Crippen LogP contribution < -0.4 is 10.5 Å². The molecule has 0 aliphatic carbocycles. The highest BCUT2D eigenvalue weighted by molar-refractivity contribution is 5.68. The van der Waals surface area contributed by atoms with Crippen molar-refractivity contribution < 1.29 is 14.3 Å². The van der Waals surface area contributed by atoms with Crippen molar-refractivity contribution in [2.45, 2.75) is 39.3 Å². The van der Waals surface area contributed by atoms with Gasteiger partial charge in [-0.25, -0.2) is 4.79 Å². The molecule has 0 spiro atoms. The van der Waals surface area contributed by atoms with Gasteiger partial charge in [0.1, 0.15) is 18.0 Å². The summed E-state index contributed by atoms with van der Waals surface area (Å²) in [5, 5.41) is 0. The van der Waals surface area contributed by atoms with Gasteiger partial charge < -0.3 is 20.1 Å². The quantitative estimate of drug-likeness (QED) is 0.857. The van der Waals surface area contributed by atoms with Crippen molar-refractivity contribution in [2.24, 2.45) is 0 Å². The maximum atomic E-state index is 12.2. The highest BCUT2D eigenvalue weighted by atomic mass is 16.6. The van der Waals surface area contributed by atoms with Crippen molar-refractivity contribution in [2.75, 3.05) is 38.5 Å². The minimum Gasteiger partial charge on any atom is -0.492 e. The molecule has 0 bridgehead atoms. The van der Waals surface area contributed by atoms with Crippen LogP contribution in [0.1, 0.15) is 27.7 Å². The van der Waals surface area contributed by atoms with E-state index >= 15 is 0 Å². The monoisotopic (exact) mass is 335 g/mol. The van der Waals surface area contributed by atoms with Gasteiger partial charge in [0, 0.05) is 37.9 Å². The Morgan fingerprint density at radius 3 is 2.50 bits per heavy atom. The fourth-order valence-corrected chi connectivity index (χ4v) is 2.68. The second-order valence-corrected chi connectivity index (χ2v) is 7.24. The van der Waals surface area contributed by atoms with E-state index in [1.165, 1.54) is 0 Å². The normalized spacial score (nSPS) is 19.2. The summed E-state index contributed by atoms with van der Waals surface area (Å²) in [6.45, 7) is 11.5. The Bertz CT molecular complexity index is 539. The molecule has 6 nitrogen and oxygen atoms in total. The summed E-state index contributed by atoms with van der Waals surface area (Å²) in [5.74, 6) is 0.824. The largest absolute Gasteiger partial charge is 0.492 e. The fourth-order valence-electron chi connectivity index (χ4n) is 2.68. The first kappa shape index (κ1) is 18.4. The van der Waals surface area contributed by atoms with Gasteiger partial charge in [0.05, 0.1) is 0 Å². The lowest BCUT2D eigenvalue weighted by atomic mass is 10.2. The Morgan fingerprint density at radius 1 is 1.25 bits per heavy atom. The zero-order valence-corrected chi connectivity index (χ0v) is 15.1. The van der Waals surface area contributed by atoms with Gasteiger partial charge in [-0.3, -0.25) is 4.90 Å². The minimum atomic E-state index is -0.457. The van der Waals surface area contributed by atoms with Crippen LogP contribution >= 0.6 is 0 Å². The standard InChI is InChI=1S/C18H29N3O3/c1-14-13-20(9-10-21(14)17(22)24-18(2,3)4)11-12-23-16-7-5-15(19)6-8-16/h5-8,14H,9-13,19H2,1-4H3/t14-/m1/s1. The number of amides is 1. The highest BCUT2D eigenvalue weighted by Crippen LogP contribution is 2.16. The third-order valence-electron chi connectivity index (χ3n) is 3.90. The molecule has 1 atom stereocenters. The number of nitrogen functional groups attached to an aromatic ring is 1. The van der Waals surface area contributed by atoms with Crippen molar-refractivity contribution in [3.63, 3.8) is 0 Å². The summed E-state index contributed by atoms with van der Waals surface area (Å²) >= 11 is 0. The molecule has 2 rings (SSSR count). The molecule has 0 saturated carbocycles. The van der Waals surface area contributed by atoms with Crippen LogP contribution in [0.4, 0.5) is 10.5 Å². The number of ether oxygens (including phenoxy) is 2. The summed E-state index contributed by atoms with van der Waals surface area (Å²) < 4.78 is 11.2. The van der Waals surface area contributed by atoms with E-state index in [2.05, 4.69) is 11.8 Å². The van der Waals surface area contributed by atoms with Crippen LogP contribution in [0.2, 0.25) is 0 Å². The first-order chi connectivity index (χ1) is 11.2. The van der Waals surface area contributed by atoms with Gasteiger partial charge in [0.2, 0.25) is 0 Å². The Labute approximate surface area is 144 Å². The molecule has 0 unspecified atom stereocenters. The minimum absolute atomic E-state index is 0.130. The van der Waals surface area contributed by atoms with Gasteiger partial charge in [0.25, 0.3) is 0 Å². The Hall–Kier alpha value is -1.95. The van der Waals surface area contributed by atoms with E-state index in [1.807, 2.05) is 49.9 Å². The third kappa shape index (κ3) is 5.60. The van der Waals surface area contributed by atoms with E-state index in [9.17, 15) is 4.79 Å². The van der Waals surface area contributed by atoms with E-state index in [4.69, 9.17) is 15.2 Å². The zero-order valence-electron chi connectivity index (χ0n) is 15.1. The summed E-state index contributed by atoms with van der Waals surface area (Å²) in [4.78, 5) is 16.3. The molecule has 1 heterocycles. The van der Waals surface area contributed by atoms with E-state index in [0.717, 1.165) is 31.1 Å². The van der Waals surface area contributed by atoms with Crippen LogP contribution in [0.3, 0.4) is 0 Å². The van der Waals surface area contributed by atoms with Gasteiger partial charge >= 0.3 is 6.09 Å². The van der Waals surface area contributed by atoms with Crippen LogP contribution in [-0.2, 0) is 4.74 Å². The third-order valence-corrected chi connectivity index (χ3v) is 3.90. The molecule has 1 fully saturated rings. The number of nitrogens with two attached hydrogens (primary N) is 1. The molecular weight excluding hydrogens is 306 g/mol. The zero-order chi connectivity index (χ0) is 17.7. The highest BCUT2D eigenvalue weighted by Gasteiger charge is 2.30. The van der Waals surface area contributed by atoms with Crippen molar-refractivity contribution in [3.8, 4) is 5.75 Å². The number of carbonyl (C=O) groups is 1. The first-order valence-corrected chi connectivity index (χ1v) is 8.45. The van der Waals surface area contributed by atoms with Crippen molar-refractivity contribution in [1.82, 2.24) is 9.80 Å². The van der Waals surface area contributed by atoms with Gasteiger partial charge in [-0.2, -0.15) is 0 Å². The molecule has 1 aliphatic heterocycles. The molecule has 1 aromatic carbocycles. The van der Waals surface area contributed by atoms with E-state index in [0.29, 0.717) is 13.2 Å². The number of piperazine rings is 1. The lowest BCUT2D eigenvalue weighted by Gasteiger charge is -2.40. The van der Waals surface area contributed by atoms with Gasteiger partial charge in [-0.05, 0) is 52.0 Å². The van der Waals surface area contributed by atoms with Crippen LogP contribution in [-0.4, -0.2) is 60.3 Å². The molecule has 134 valence electrons. The average molecular weight is 335 g/mol. The summed E-state index contributed by atoms with van der Waals surface area (Å²) in [6, 6.07) is 7.54. The van der Waals surface area contributed by atoms with Crippen molar-refractivity contribution in [3.05, 3.63) is 24.3 Å². The lowest BCUT2D eigenvalue weighted by molar-refractivity contribution is 0.000361. The average Bonchev–Trinajstić information content (AvgIpc) is 2.47. The smallest absolute Gasteiger partial charge is 0.410 e. The second-order valence-electron chi connectivity index (χ2n) is 7.24. The summed E-state index contributed by atoms with van der Waals surface area (Å²) in [5.41, 5.74) is 5.93. The summed E-state index contributed by atoms with van der Waals surface area (Å²) in [7, 11) is 0. The molecule has 1 aromatic rings. The number of benzene rings is 1. The molecule has 0 aromatic heterocycles. The lowest BCUT2D eigenvalue weighted by Crippen LogP contribution is -2.55. The Morgan fingerprint density at radius 2 is 1.92 bits per heavy atom. The fraction of sp³-hybridized carbons (Fsp3) is 0.611. The van der Waals surface area contributed by atoms with Gasteiger partial charge in [-0.1, -0.05) is 0 Å². The summed E-state index contributed by atoms with van der Waals surface area (Å²) in [6.07, 6.45) is -0.229. The number of rotatable bonds is 4. The maximum absolute atomic E-state index is 12.2. The molecule has 1 aliphatic rings. The molecule has 1 amide bonds. The maximum Gasteiger partial charge on any atom is 0.410 e. The molecule has 0 radical (unpaired) electrons. The number of carbonyl (C=O) groups excluding carboxylic acids is 1.